The van der Waals surface area contributed by atoms with Crippen LogP contribution in [-0.2, 0) is 4.74 Å². The van der Waals surface area contributed by atoms with Crippen molar-refractivity contribution in [3.8, 4) is 0 Å². The third-order valence-corrected chi connectivity index (χ3v) is 2.79. The molecule has 14 heavy (non-hydrogen) atoms. The number of nitrogens with zero attached hydrogens (tertiary/aromatic N) is 2. The fourth-order valence-corrected chi connectivity index (χ4v) is 1.76. The van der Waals surface area contributed by atoms with Crippen LogP contribution in [-0.4, -0.2) is 55.7 Å². The molecule has 0 atom stereocenters. The van der Waals surface area contributed by atoms with Gasteiger partial charge < -0.3 is 14.5 Å². The lowest BCUT2D eigenvalue weighted by atomic mass is 10.0. The Morgan fingerprint density at radius 2 is 2.07 bits per heavy atom. The van der Waals surface area contributed by atoms with E-state index in [2.05, 4.69) is 11.9 Å². The first kappa shape index (κ1) is 11.3. The highest BCUT2D eigenvalue weighted by molar-refractivity contribution is 5.67. The zero-order chi connectivity index (χ0) is 10.6. The summed E-state index contributed by atoms with van der Waals surface area (Å²) in [5.74, 6) is 0. The minimum atomic E-state index is -0.193. The van der Waals surface area contributed by atoms with Gasteiger partial charge in [-0.1, -0.05) is 0 Å². The van der Waals surface area contributed by atoms with E-state index in [1.807, 2.05) is 14.0 Å². The summed E-state index contributed by atoms with van der Waals surface area (Å²) in [6, 6.07) is 0.352. The minimum Gasteiger partial charge on any atom is -0.450 e. The smallest absolute Gasteiger partial charge is 0.409 e. The van der Waals surface area contributed by atoms with Crippen LogP contribution in [0.3, 0.4) is 0 Å². The zero-order valence-corrected chi connectivity index (χ0v) is 9.32. The average molecular weight is 200 g/mol. The highest BCUT2D eigenvalue weighted by atomic mass is 16.6. The second-order valence-corrected chi connectivity index (χ2v) is 3.84. The Bertz CT molecular complexity index is 189. The van der Waals surface area contributed by atoms with E-state index >= 15 is 0 Å². The van der Waals surface area contributed by atoms with Gasteiger partial charge in [0.15, 0.2) is 0 Å². The van der Waals surface area contributed by atoms with Gasteiger partial charge >= 0.3 is 6.09 Å². The van der Waals surface area contributed by atoms with Crippen molar-refractivity contribution in [3.05, 3.63) is 0 Å². The molecule has 0 radical (unpaired) electrons. The minimum absolute atomic E-state index is 0.193. The zero-order valence-electron chi connectivity index (χ0n) is 9.32. The Hall–Kier alpha value is -0.770. The molecule has 0 aromatic carbocycles. The summed E-state index contributed by atoms with van der Waals surface area (Å²) in [5, 5.41) is 0. The van der Waals surface area contributed by atoms with Crippen LogP contribution in [0.4, 0.5) is 4.79 Å². The van der Waals surface area contributed by atoms with E-state index in [0.717, 1.165) is 25.9 Å². The number of hydrogen-bond donors (Lipinski definition) is 0. The van der Waals surface area contributed by atoms with E-state index in [0.29, 0.717) is 12.6 Å². The third kappa shape index (κ3) is 2.87. The number of amides is 1. The van der Waals surface area contributed by atoms with Crippen molar-refractivity contribution in [1.82, 2.24) is 9.80 Å². The molecule has 1 amide bonds. The Balaban J connectivity index is 2.37. The Kier molecular flexibility index (Phi) is 4.20. The van der Waals surface area contributed by atoms with Gasteiger partial charge in [-0.3, -0.25) is 0 Å². The maximum Gasteiger partial charge on any atom is 0.409 e. The lowest BCUT2D eigenvalue weighted by molar-refractivity contribution is 0.0843. The Labute approximate surface area is 85.8 Å². The van der Waals surface area contributed by atoms with Gasteiger partial charge in [0.2, 0.25) is 0 Å². The number of rotatable bonds is 2. The first-order valence-electron chi connectivity index (χ1n) is 5.23. The normalized spacial score (nSPS) is 19.4. The summed E-state index contributed by atoms with van der Waals surface area (Å²) >= 11 is 0. The van der Waals surface area contributed by atoms with Gasteiger partial charge in [0.05, 0.1) is 6.61 Å². The molecule has 1 heterocycles. The molecule has 0 saturated carbocycles. The molecular weight excluding hydrogens is 180 g/mol. The fourth-order valence-electron chi connectivity index (χ4n) is 1.76. The van der Waals surface area contributed by atoms with Gasteiger partial charge in [-0.15, -0.1) is 0 Å². The SMILES string of the molecule is CCOC(=O)N(C)C1CCN(C)CC1. The molecule has 0 aliphatic carbocycles. The van der Waals surface area contributed by atoms with Crippen LogP contribution in [0, 0.1) is 0 Å². The van der Waals surface area contributed by atoms with E-state index in [4.69, 9.17) is 4.74 Å². The molecule has 1 saturated heterocycles. The van der Waals surface area contributed by atoms with Crippen LogP contribution in [0.15, 0.2) is 0 Å². The number of ether oxygens (including phenoxy) is 1. The van der Waals surface area contributed by atoms with Crippen LogP contribution in [0.25, 0.3) is 0 Å². The number of likely N-dealkylation sites (tertiary alicyclic amines) is 1. The molecule has 0 N–H and O–H groups in total. The van der Waals surface area contributed by atoms with Gasteiger partial charge in [0, 0.05) is 13.1 Å². The molecule has 1 aliphatic rings. The standard InChI is InChI=1S/C10H20N2O2/c1-4-14-10(13)12(3)9-5-7-11(2)8-6-9/h9H,4-8H2,1-3H3. The van der Waals surface area contributed by atoms with Crippen molar-refractivity contribution in [2.24, 2.45) is 0 Å². The topological polar surface area (TPSA) is 32.8 Å². The van der Waals surface area contributed by atoms with Gasteiger partial charge in [-0.2, -0.15) is 0 Å². The van der Waals surface area contributed by atoms with E-state index in [1.54, 1.807) is 4.90 Å². The van der Waals surface area contributed by atoms with Crippen LogP contribution in [0.1, 0.15) is 19.8 Å². The van der Waals surface area contributed by atoms with Gasteiger partial charge in [0.25, 0.3) is 0 Å². The van der Waals surface area contributed by atoms with Crippen LogP contribution in [0.5, 0.6) is 0 Å². The summed E-state index contributed by atoms with van der Waals surface area (Å²) < 4.78 is 4.96. The molecule has 82 valence electrons. The van der Waals surface area contributed by atoms with E-state index < -0.39 is 0 Å². The summed E-state index contributed by atoms with van der Waals surface area (Å²) in [7, 11) is 3.94. The Morgan fingerprint density at radius 1 is 1.50 bits per heavy atom. The molecular formula is C10H20N2O2. The molecule has 1 fully saturated rings. The van der Waals surface area contributed by atoms with Gasteiger partial charge in [-0.05, 0) is 39.9 Å². The summed E-state index contributed by atoms with van der Waals surface area (Å²) in [5.41, 5.74) is 0. The van der Waals surface area contributed by atoms with Crippen molar-refractivity contribution >= 4 is 6.09 Å². The fraction of sp³-hybridized carbons (Fsp3) is 0.900. The van der Waals surface area contributed by atoms with E-state index in [1.165, 1.54) is 0 Å². The summed E-state index contributed by atoms with van der Waals surface area (Å²) in [6.07, 6.45) is 1.90. The largest absolute Gasteiger partial charge is 0.450 e. The molecule has 0 aromatic heterocycles. The second kappa shape index (κ2) is 5.20. The third-order valence-electron chi connectivity index (χ3n) is 2.79. The van der Waals surface area contributed by atoms with Gasteiger partial charge in [-0.25, -0.2) is 4.79 Å². The first-order chi connectivity index (χ1) is 6.65. The second-order valence-electron chi connectivity index (χ2n) is 3.84. The predicted octanol–water partition coefficient (Wildman–Crippen LogP) is 1.17. The highest BCUT2D eigenvalue weighted by Gasteiger charge is 2.24. The molecule has 1 aliphatic heterocycles. The van der Waals surface area contributed by atoms with Crippen molar-refractivity contribution in [3.63, 3.8) is 0 Å². The van der Waals surface area contributed by atoms with E-state index in [9.17, 15) is 4.79 Å². The molecule has 0 bridgehead atoms. The maximum absolute atomic E-state index is 11.4. The summed E-state index contributed by atoms with van der Waals surface area (Å²) in [6.45, 7) is 4.42. The van der Waals surface area contributed by atoms with Crippen LogP contribution >= 0.6 is 0 Å². The number of hydrogen-bond acceptors (Lipinski definition) is 3. The van der Waals surface area contributed by atoms with Crippen molar-refractivity contribution < 1.29 is 9.53 Å². The first-order valence-corrected chi connectivity index (χ1v) is 5.23. The molecule has 0 aromatic rings. The molecule has 4 heteroatoms. The van der Waals surface area contributed by atoms with E-state index in [-0.39, 0.29) is 6.09 Å². The lowest BCUT2D eigenvalue weighted by Crippen LogP contribution is -2.44. The summed E-state index contributed by atoms with van der Waals surface area (Å²) in [4.78, 5) is 15.4. The average Bonchev–Trinajstić information content (AvgIpc) is 2.18. The van der Waals surface area contributed by atoms with Crippen molar-refractivity contribution in [2.45, 2.75) is 25.8 Å². The number of piperidine rings is 1. The molecule has 4 nitrogen and oxygen atoms in total. The monoisotopic (exact) mass is 200 g/mol. The quantitative estimate of drug-likeness (QED) is 0.670. The molecule has 0 spiro atoms. The van der Waals surface area contributed by atoms with Crippen molar-refractivity contribution in [1.29, 1.82) is 0 Å². The maximum atomic E-state index is 11.4. The van der Waals surface area contributed by atoms with Crippen molar-refractivity contribution in [2.75, 3.05) is 33.8 Å². The van der Waals surface area contributed by atoms with Gasteiger partial charge in [0.1, 0.15) is 0 Å². The van der Waals surface area contributed by atoms with Crippen LogP contribution < -0.4 is 0 Å². The highest BCUT2D eigenvalue weighted by Crippen LogP contribution is 2.14. The number of carbonyl (C=O) groups excluding carboxylic acids is 1. The number of carbonyl (C=O) groups is 1. The molecule has 1 rings (SSSR count). The molecule has 0 unspecified atom stereocenters. The van der Waals surface area contributed by atoms with Crippen LogP contribution in [0.2, 0.25) is 0 Å². The lowest BCUT2D eigenvalue weighted by Gasteiger charge is -2.34. The predicted molar refractivity (Wildman–Crippen MR) is 55.3 cm³/mol. The Morgan fingerprint density at radius 3 is 2.57 bits per heavy atom.